The number of halogens is 1. The van der Waals surface area contributed by atoms with Crippen molar-refractivity contribution in [3.8, 4) is 0 Å². The lowest BCUT2D eigenvalue weighted by molar-refractivity contribution is 0.102. The molecule has 0 unspecified atom stereocenters. The molecular weight excluding hydrogens is 364 g/mol. The van der Waals surface area contributed by atoms with E-state index in [1.165, 1.54) is 0 Å². The van der Waals surface area contributed by atoms with Crippen LogP contribution in [-0.2, 0) is 17.8 Å². The maximum atomic E-state index is 12.6. The van der Waals surface area contributed by atoms with Crippen LogP contribution in [0.5, 0.6) is 0 Å². The summed E-state index contributed by atoms with van der Waals surface area (Å²) < 4.78 is 7.45. The molecule has 3 rings (SSSR count). The van der Waals surface area contributed by atoms with Gasteiger partial charge in [0, 0.05) is 31.9 Å². The number of rotatable bonds is 8. The number of aryl methyl sites for hydroxylation is 1. The minimum atomic E-state index is -0.185. The third-order valence-corrected chi connectivity index (χ3v) is 4.21. The molecule has 1 heterocycles. The lowest BCUT2D eigenvalue weighted by Crippen LogP contribution is -2.16. The summed E-state index contributed by atoms with van der Waals surface area (Å²) in [4.78, 5) is 17.2. The molecule has 0 saturated heterocycles. The summed E-state index contributed by atoms with van der Waals surface area (Å²) in [5.41, 5.74) is 9.03. The summed E-state index contributed by atoms with van der Waals surface area (Å²) in [6.45, 7) is 4.54. The zero-order valence-corrected chi connectivity index (χ0v) is 16.2. The number of nitrogens with two attached hydrogens (primary N) is 1. The molecule has 144 valence electrons. The van der Waals surface area contributed by atoms with Crippen LogP contribution in [0, 0.1) is 0 Å². The van der Waals surface area contributed by atoms with Crippen molar-refractivity contribution in [2.75, 3.05) is 18.5 Å². The normalized spacial score (nSPS) is 10.6. The fraction of sp³-hybridized carbons (Fsp3) is 0.300. The van der Waals surface area contributed by atoms with Gasteiger partial charge in [-0.3, -0.25) is 10.1 Å². The molecule has 3 aromatic rings. The number of nitrogens with zero attached hydrogens (tertiary/aromatic N) is 2. The zero-order valence-electron chi connectivity index (χ0n) is 15.4. The maximum Gasteiger partial charge on any atom is 0.257 e. The van der Waals surface area contributed by atoms with E-state index in [1.807, 2.05) is 47.9 Å². The van der Waals surface area contributed by atoms with Gasteiger partial charge in [-0.15, -0.1) is 12.4 Å². The topological polar surface area (TPSA) is 82.2 Å². The minimum Gasteiger partial charge on any atom is -0.382 e. The molecule has 0 aliphatic heterocycles. The highest BCUT2D eigenvalue weighted by Gasteiger charge is 2.14. The number of carbonyl (C=O) groups is 1. The molecule has 0 spiro atoms. The van der Waals surface area contributed by atoms with Gasteiger partial charge < -0.3 is 15.0 Å². The SMILES string of the molecule is CCOCCCn1c(NC(=O)c2ccc(CN)cc2)nc2ccccc21.Cl. The standard InChI is InChI=1S/C20H24N4O2.ClH/c1-2-26-13-5-12-24-18-7-4-3-6-17(18)22-20(24)23-19(25)16-10-8-15(14-21)9-11-16;/h3-4,6-11H,2,5,12-14,21H2,1H3,(H,22,23,25);1H. The average Bonchev–Trinajstić information content (AvgIpc) is 3.02. The largest absolute Gasteiger partial charge is 0.382 e. The van der Waals surface area contributed by atoms with Crippen molar-refractivity contribution in [1.29, 1.82) is 0 Å². The van der Waals surface area contributed by atoms with E-state index in [0.717, 1.165) is 29.6 Å². The zero-order chi connectivity index (χ0) is 18.4. The van der Waals surface area contributed by atoms with Crippen molar-refractivity contribution >= 4 is 35.3 Å². The predicted octanol–water partition coefficient (Wildman–Crippen LogP) is 3.60. The fourth-order valence-electron chi connectivity index (χ4n) is 2.83. The molecule has 0 radical (unpaired) electrons. The van der Waals surface area contributed by atoms with Gasteiger partial charge in [0.1, 0.15) is 0 Å². The number of aromatic nitrogens is 2. The highest BCUT2D eigenvalue weighted by molar-refractivity contribution is 6.04. The third-order valence-electron chi connectivity index (χ3n) is 4.21. The lowest BCUT2D eigenvalue weighted by Gasteiger charge is -2.10. The number of hydrogen-bond donors (Lipinski definition) is 2. The summed E-state index contributed by atoms with van der Waals surface area (Å²) in [5, 5.41) is 2.94. The van der Waals surface area contributed by atoms with E-state index in [1.54, 1.807) is 12.1 Å². The Kier molecular flexibility index (Phi) is 7.79. The van der Waals surface area contributed by atoms with Gasteiger partial charge in [0.2, 0.25) is 5.95 Å². The first-order valence-electron chi connectivity index (χ1n) is 8.86. The van der Waals surface area contributed by atoms with Crippen LogP contribution in [0.3, 0.4) is 0 Å². The summed E-state index contributed by atoms with van der Waals surface area (Å²) in [7, 11) is 0. The molecule has 0 aliphatic carbocycles. The number of nitrogens with one attached hydrogen (secondary N) is 1. The van der Waals surface area contributed by atoms with Crippen LogP contribution in [0.25, 0.3) is 11.0 Å². The Labute approximate surface area is 165 Å². The Morgan fingerprint density at radius 1 is 1.19 bits per heavy atom. The van der Waals surface area contributed by atoms with Crippen molar-refractivity contribution in [3.63, 3.8) is 0 Å². The third kappa shape index (κ3) is 5.07. The summed E-state index contributed by atoms with van der Waals surface area (Å²) in [6, 6.07) is 15.1. The molecule has 0 atom stereocenters. The van der Waals surface area contributed by atoms with Gasteiger partial charge in [-0.25, -0.2) is 4.98 Å². The van der Waals surface area contributed by atoms with Crippen molar-refractivity contribution in [3.05, 3.63) is 59.7 Å². The van der Waals surface area contributed by atoms with Gasteiger partial charge in [0.05, 0.1) is 11.0 Å². The number of para-hydroxylation sites is 2. The first-order valence-corrected chi connectivity index (χ1v) is 8.86. The van der Waals surface area contributed by atoms with Gasteiger partial charge in [0.25, 0.3) is 5.91 Å². The van der Waals surface area contributed by atoms with E-state index in [-0.39, 0.29) is 18.3 Å². The number of anilines is 1. The molecule has 1 amide bonds. The number of imidazole rings is 1. The molecule has 0 bridgehead atoms. The smallest absolute Gasteiger partial charge is 0.257 e. The van der Waals surface area contributed by atoms with Gasteiger partial charge in [-0.2, -0.15) is 0 Å². The first-order chi connectivity index (χ1) is 12.7. The fourth-order valence-corrected chi connectivity index (χ4v) is 2.83. The van der Waals surface area contributed by atoms with Crippen molar-refractivity contribution in [1.82, 2.24) is 9.55 Å². The molecule has 6 nitrogen and oxygen atoms in total. The maximum absolute atomic E-state index is 12.6. The second kappa shape index (κ2) is 10.1. The number of ether oxygens (including phenoxy) is 1. The molecule has 0 fully saturated rings. The molecule has 1 aromatic heterocycles. The van der Waals surface area contributed by atoms with Crippen LogP contribution in [0.4, 0.5) is 5.95 Å². The quantitative estimate of drug-likeness (QED) is 0.577. The molecule has 0 saturated carbocycles. The number of benzene rings is 2. The van der Waals surface area contributed by atoms with E-state index in [9.17, 15) is 4.79 Å². The Hall–Kier alpha value is -2.41. The molecular formula is C20H25ClN4O2. The van der Waals surface area contributed by atoms with E-state index in [2.05, 4.69) is 10.3 Å². The first kappa shape index (κ1) is 20.9. The second-order valence-electron chi connectivity index (χ2n) is 5.98. The summed E-state index contributed by atoms with van der Waals surface area (Å²) in [6.07, 6.45) is 0.849. The summed E-state index contributed by atoms with van der Waals surface area (Å²) in [5.74, 6) is 0.366. The average molecular weight is 389 g/mol. The molecule has 2 aromatic carbocycles. The van der Waals surface area contributed by atoms with Gasteiger partial charge in [-0.1, -0.05) is 24.3 Å². The van der Waals surface area contributed by atoms with Gasteiger partial charge >= 0.3 is 0 Å². The second-order valence-corrected chi connectivity index (χ2v) is 5.98. The molecule has 27 heavy (non-hydrogen) atoms. The predicted molar refractivity (Wildman–Crippen MR) is 110 cm³/mol. The van der Waals surface area contributed by atoms with Crippen LogP contribution in [0.15, 0.2) is 48.5 Å². The van der Waals surface area contributed by atoms with Crippen LogP contribution >= 0.6 is 12.4 Å². The van der Waals surface area contributed by atoms with Crippen LogP contribution in [0.2, 0.25) is 0 Å². The monoisotopic (exact) mass is 388 g/mol. The Bertz CT molecular complexity index is 877. The lowest BCUT2D eigenvalue weighted by atomic mass is 10.1. The summed E-state index contributed by atoms with van der Waals surface area (Å²) >= 11 is 0. The van der Waals surface area contributed by atoms with Gasteiger partial charge in [0.15, 0.2) is 0 Å². The van der Waals surface area contributed by atoms with Crippen molar-refractivity contribution in [2.45, 2.75) is 26.4 Å². The van der Waals surface area contributed by atoms with E-state index in [0.29, 0.717) is 31.3 Å². The molecule has 0 aliphatic rings. The van der Waals surface area contributed by atoms with Crippen LogP contribution in [0.1, 0.15) is 29.3 Å². The van der Waals surface area contributed by atoms with E-state index in [4.69, 9.17) is 10.5 Å². The Morgan fingerprint density at radius 3 is 2.63 bits per heavy atom. The van der Waals surface area contributed by atoms with E-state index >= 15 is 0 Å². The van der Waals surface area contributed by atoms with Crippen molar-refractivity contribution in [2.24, 2.45) is 5.73 Å². The highest BCUT2D eigenvalue weighted by Crippen LogP contribution is 2.20. The number of amides is 1. The van der Waals surface area contributed by atoms with Crippen molar-refractivity contribution < 1.29 is 9.53 Å². The number of carbonyl (C=O) groups excluding carboxylic acids is 1. The number of fused-ring (bicyclic) bond motifs is 1. The van der Waals surface area contributed by atoms with E-state index < -0.39 is 0 Å². The minimum absolute atomic E-state index is 0. The highest BCUT2D eigenvalue weighted by atomic mass is 35.5. The molecule has 3 N–H and O–H groups in total. The number of hydrogen-bond acceptors (Lipinski definition) is 4. The van der Waals surface area contributed by atoms with Crippen LogP contribution < -0.4 is 11.1 Å². The van der Waals surface area contributed by atoms with Crippen LogP contribution in [-0.4, -0.2) is 28.7 Å². The van der Waals surface area contributed by atoms with Gasteiger partial charge in [-0.05, 0) is 43.2 Å². The Balaban J connectivity index is 0.00000261. The Morgan fingerprint density at radius 2 is 1.93 bits per heavy atom. The molecule has 7 heteroatoms.